The molecule has 0 radical (unpaired) electrons. The summed E-state index contributed by atoms with van der Waals surface area (Å²) in [6, 6.07) is 5.92. The number of hydrogen-bond acceptors (Lipinski definition) is 3. The fraction of sp³-hybridized carbons (Fsp3) is 0.588. The van der Waals surface area contributed by atoms with Crippen molar-refractivity contribution in [2.75, 3.05) is 27.2 Å². The molecule has 1 aromatic carbocycles. The molecule has 122 valence electrons. The van der Waals surface area contributed by atoms with Crippen LogP contribution in [-0.2, 0) is 4.79 Å². The van der Waals surface area contributed by atoms with E-state index in [9.17, 15) is 14.3 Å². The van der Waals surface area contributed by atoms with Gasteiger partial charge in [-0.3, -0.25) is 9.69 Å². The van der Waals surface area contributed by atoms with Gasteiger partial charge in [0.15, 0.2) is 0 Å². The van der Waals surface area contributed by atoms with Crippen LogP contribution < -0.4 is 0 Å². The van der Waals surface area contributed by atoms with Crippen molar-refractivity contribution in [2.24, 2.45) is 5.92 Å². The SMILES string of the molecule is CC(C(=O)N(C)C)N1CCC(C(O)c2ccc(F)cc2)CC1. The van der Waals surface area contributed by atoms with Crippen LogP contribution in [-0.4, -0.2) is 54.0 Å². The summed E-state index contributed by atoms with van der Waals surface area (Å²) in [6.45, 7) is 3.52. The first-order chi connectivity index (χ1) is 10.4. The number of carbonyl (C=O) groups is 1. The standard InChI is InChI=1S/C17H25FN2O2/c1-12(17(22)19(2)3)20-10-8-14(9-11-20)16(21)13-4-6-15(18)7-5-13/h4-7,12,14,16,21H,8-11H2,1-3H3. The molecule has 1 fully saturated rings. The van der Waals surface area contributed by atoms with E-state index >= 15 is 0 Å². The summed E-state index contributed by atoms with van der Waals surface area (Å²) in [5, 5.41) is 10.4. The molecule has 0 bridgehead atoms. The largest absolute Gasteiger partial charge is 0.388 e. The Bertz CT molecular complexity index is 496. The second-order valence-electron chi connectivity index (χ2n) is 6.28. The average molecular weight is 308 g/mol. The van der Waals surface area contributed by atoms with E-state index < -0.39 is 6.10 Å². The van der Waals surface area contributed by atoms with E-state index in [1.165, 1.54) is 12.1 Å². The van der Waals surface area contributed by atoms with Gasteiger partial charge in [-0.2, -0.15) is 0 Å². The first-order valence-corrected chi connectivity index (χ1v) is 7.79. The molecule has 1 aromatic rings. The van der Waals surface area contributed by atoms with Gasteiger partial charge in [0.1, 0.15) is 5.82 Å². The number of carbonyl (C=O) groups excluding carboxylic acids is 1. The Hall–Kier alpha value is -1.46. The van der Waals surface area contributed by atoms with E-state index in [0.717, 1.165) is 31.5 Å². The highest BCUT2D eigenvalue weighted by molar-refractivity contribution is 5.80. The molecule has 0 aliphatic carbocycles. The van der Waals surface area contributed by atoms with Gasteiger partial charge in [0.2, 0.25) is 5.91 Å². The van der Waals surface area contributed by atoms with Gasteiger partial charge in [-0.25, -0.2) is 4.39 Å². The van der Waals surface area contributed by atoms with E-state index in [1.807, 2.05) is 6.92 Å². The van der Waals surface area contributed by atoms with Gasteiger partial charge >= 0.3 is 0 Å². The van der Waals surface area contributed by atoms with Crippen LogP contribution in [0.15, 0.2) is 24.3 Å². The first kappa shape index (κ1) is 16.9. The molecule has 1 heterocycles. The van der Waals surface area contributed by atoms with Crippen LogP contribution in [0.1, 0.15) is 31.4 Å². The third-order valence-corrected chi connectivity index (χ3v) is 4.58. The number of likely N-dealkylation sites (tertiary alicyclic amines) is 1. The number of piperidine rings is 1. The summed E-state index contributed by atoms with van der Waals surface area (Å²) in [5.74, 6) is -0.0253. The van der Waals surface area contributed by atoms with Crippen molar-refractivity contribution < 1.29 is 14.3 Å². The summed E-state index contributed by atoms with van der Waals surface area (Å²) < 4.78 is 12.9. The number of benzene rings is 1. The molecule has 1 N–H and O–H groups in total. The monoisotopic (exact) mass is 308 g/mol. The van der Waals surface area contributed by atoms with E-state index in [1.54, 1.807) is 31.1 Å². The zero-order valence-electron chi connectivity index (χ0n) is 13.5. The van der Waals surface area contributed by atoms with Crippen LogP contribution in [0.25, 0.3) is 0 Å². The third kappa shape index (κ3) is 3.84. The Labute approximate surface area is 131 Å². The average Bonchev–Trinajstić information content (AvgIpc) is 2.53. The molecule has 22 heavy (non-hydrogen) atoms. The van der Waals surface area contributed by atoms with Crippen LogP contribution >= 0.6 is 0 Å². The molecule has 1 saturated heterocycles. The number of nitrogens with zero attached hydrogens (tertiary/aromatic N) is 2. The quantitative estimate of drug-likeness (QED) is 0.926. The molecule has 2 unspecified atom stereocenters. The van der Waals surface area contributed by atoms with Crippen molar-refractivity contribution in [2.45, 2.75) is 31.9 Å². The Kier molecular flexibility index (Phi) is 5.53. The van der Waals surface area contributed by atoms with E-state index in [0.29, 0.717) is 0 Å². The molecule has 5 heteroatoms. The lowest BCUT2D eigenvalue weighted by atomic mass is 9.87. The van der Waals surface area contributed by atoms with E-state index in [-0.39, 0.29) is 23.7 Å². The van der Waals surface area contributed by atoms with Crippen LogP contribution in [0.2, 0.25) is 0 Å². The molecule has 4 nitrogen and oxygen atoms in total. The van der Waals surface area contributed by atoms with Crippen molar-refractivity contribution in [1.29, 1.82) is 0 Å². The highest BCUT2D eigenvalue weighted by atomic mass is 19.1. The van der Waals surface area contributed by atoms with Gasteiger partial charge in [-0.1, -0.05) is 12.1 Å². The lowest BCUT2D eigenvalue weighted by Crippen LogP contribution is -2.48. The minimum absolute atomic E-state index is 0.109. The maximum absolute atomic E-state index is 12.9. The third-order valence-electron chi connectivity index (χ3n) is 4.58. The van der Waals surface area contributed by atoms with Crippen LogP contribution in [0, 0.1) is 11.7 Å². The Morgan fingerprint density at radius 1 is 1.27 bits per heavy atom. The van der Waals surface area contributed by atoms with Gasteiger partial charge in [0.25, 0.3) is 0 Å². The number of rotatable bonds is 4. The number of halogens is 1. The molecule has 0 spiro atoms. The topological polar surface area (TPSA) is 43.8 Å². The highest BCUT2D eigenvalue weighted by Crippen LogP contribution is 2.31. The lowest BCUT2D eigenvalue weighted by molar-refractivity contribution is -0.134. The van der Waals surface area contributed by atoms with Gasteiger partial charge in [0.05, 0.1) is 12.1 Å². The van der Waals surface area contributed by atoms with Crippen LogP contribution in [0.3, 0.4) is 0 Å². The number of hydrogen-bond donors (Lipinski definition) is 1. The minimum Gasteiger partial charge on any atom is -0.388 e. The predicted molar refractivity (Wildman–Crippen MR) is 83.8 cm³/mol. The molecule has 0 aromatic heterocycles. The van der Waals surface area contributed by atoms with Crippen LogP contribution in [0.4, 0.5) is 4.39 Å². The lowest BCUT2D eigenvalue weighted by Gasteiger charge is -2.37. The molecular weight excluding hydrogens is 283 g/mol. The van der Waals surface area contributed by atoms with Gasteiger partial charge in [-0.05, 0) is 56.5 Å². The highest BCUT2D eigenvalue weighted by Gasteiger charge is 2.30. The van der Waals surface area contributed by atoms with E-state index in [4.69, 9.17) is 0 Å². The molecule has 2 rings (SSSR count). The second kappa shape index (κ2) is 7.20. The van der Waals surface area contributed by atoms with Crippen molar-refractivity contribution in [3.05, 3.63) is 35.6 Å². The summed E-state index contributed by atoms with van der Waals surface area (Å²) in [7, 11) is 3.54. The van der Waals surface area contributed by atoms with Gasteiger partial charge < -0.3 is 10.0 Å². The number of likely N-dealkylation sites (N-methyl/N-ethyl adjacent to an activating group) is 1. The van der Waals surface area contributed by atoms with Gasteiger partial charge in [0, 0.05) is 14.1 Å². The maximum atomic E-state index is 12.9. The Morgan fingerprint density at radius 3 is 2.32 bits per heavy atom. The summed E-state index contributed by atoms with van der Waals surface area (Å²) in [6.07, 6.45) is 1.11. The smallest absolute Gasteiger partial charge is 0.239 e. The zero-order valence-corrected chi connectivity index (χ0v) is 13.5. The Balaban J connectivity index is 1.91. The summed E-state index contributed by atoms with van der Waals surface area (Å²) in [5.41, 5.74) is 0.761. The molecular formula is C17H25FN2O2. The number of amides is 1. The normalized spacial score (nSPS) is 19.7. The zero-order chi connectivity index (χ0) is 16.3. The van der Waals surface area contributed by atoms with Crippen molar-refractivity contribution >= 4 is 5.91 Å². The number of aliphatic hydroxyl groups excluding tert-OH is 1. The summed E-state index contributed by atoms with van der Waals surface area (Å²) >= 11 is 0. The Morgan fingerprint density at radius 2 is 1.82 bits per heavy atom. The van der Waals surface area contributed by atoms with Crippen LogP contribution in [0.5, 0.6) is 0 Å². The van der Waals surface area contributed by atoms with Gasteiger partial charge in [-0.15, -0.1) is 0 Å². The second-order valence-corrected chi connectivity index (χ2v) is 6.28. The molecule has 0 saturated carbocycles. The predicted octanol–water partition coefficient (Wildman–Crippen LogP) is 2.05. The fourth-order valence-corrected chi connectivity index (χ4v) is 3.08. The first-order valence-electron chi connectivity index (χ1n) is 7.79. The maximum Gasteiger partial charge on any atom is 0.239 e. The fourth-order valence-electron chi connectivity index (χ4n) is 3.08. The van der Waals surface area contributed by atoms with E-state index in [2.05, 4.69) is 4.90 Å². The summed E-state index contributed by atoms with van der Waals surface area (Å²) in [4.78, 5) is 15.8. The molecule has 1 amide bonds. The van der Waals surface area contributed by atoms with Crippen molar-refractivity contribution in [3.63, 3.8) is 0 Å². The van der Waals surface area contributed by atoms with Crippen molar-refractivity contribution in [3.8, 4) is 0 Å². The minimum atomic E-state index is -0.567. The van der Waals surface area contributed by atoms with Crippen molar-refractivity contribution in [1.82, 2.24) is 9.80 Å². The molecule has 2 atom stereocenters. The molecule has 1 aliphatic rings. The molecule has 1 aliphatic heterocycles. The number of aliphatic hydroxyl groups is 1.